The van der Waals surface area contributed by atoms with Crippen LogP contribution in [0.3, 0.4) is 0 Å². The highest BCUT2D eigenvalue weighted by Crippen LogP contribution is 2.23. The Morgan fingerprint density at radius 2 is 2.04 bits per heavy atom. The number of nitrogens with zero attached hydrogens (tertiary/aromatic N) is 2. The lowest BCUT2D eigenvalue weighted by Crippen LogP contribution is -2.27. The van der Waals surface area contributed by atoms with Crippen molar-refractivity contribution in [3.05, 3.63) is 52.5 Å². The third-order valence-electron chi connectivity index (χ3n) is 3.76. The highest BCUT2D eigenvalue weighted by Gasteiger charge is 2.12. The van der Waals surface area contributed by atoms with Crippen LogP contribution in [0.2, 0.25) is 0 Å². The monoisotopic (exact) mass is 419 g/mol. The van der Waals surface area contributed by atoms with Gasteiger partial charge in [-0.2, -0.15) is 0 Å². The van der Waals surface area contributed by atoms with E-state index in [-0.39, 0.29) is 5.91 Å². The third-order valence-corrected chi connectivity index (χ3v) is 5.15. The molecule has 0 radical (unpaired) electrons. The maximum atomic E-state index is 12.3. The average Bonchev–Trinajstić information content (AvgIpc) is 3.03. The Hall–Kier alpha value is -1.99. The topological polar surface area (TPSA) is 58.2 Å². The van der Waals surface area contributed by atoms with Crippen LogP contribution >= 0.6 is 27.7 Å². The molecule has 3 rings (SSSR count). The van der Waals surface area contributed by atoms with Crippen molar-refractivity contribution in [3.63, 3.8) is 0 Å². The first-order chi connectivity index (χ1) is 12.0. The van der Waals surface area contributed by atoms with Gasteiger partial charge in [0.25, 0.3) is 0 Å². The minimum Gasteiger partial charge on any atom is -0.497 e. The fourth-order valence-corrected chi connectivity index (χ4v) is 3.44. The van der Waals surface area contributed by atoms with E-state index >= 15 is 0 Å². The molecule has 25 heavy (non-hydrogen) atoms. The van der Waals surface area contributed by atoms with Crippen LogP contribution in [0.4, 0.5) is 0 Å². The number of imidazole rings is 1. The van der Waals surface area contributed by atoms with Gasteiger partial charge in [0.05, 0.1) is 23.9 Å². The molecule has 1 amide bonds. The standard InChI is InChI=1S/C18H18BrN3O2S/c1-22(10-12-3-5-13(19)6-4-12)17(23)11-25-18-20-15-8-7-14(24-2)9-16(15)21-18/h3-9H,10-11H2,1-2H3,(H,20,21). The van der Waals surface area contributed by atoms with Crippen molar-refractivity contribution >= 4 is 44.6 Å². The van der Waals surface area contributed by atoms with E-state index in [1.54, 1.807) is 12.0 Å². The SMILES string of the molecule is COc1ccc2nc(SCC(=O)N(C)Cc3ccc(Br)cc3)[nH]c2c1. The van der Waals surface area contributed by atoms with Gasteiger partial charge in [-0.3, -0.25) is 4.79 Å². The summed E-state index contributed by atoms with van der Waals surface area (Å²) in [4.78, 5) is 21.8. The van der Waals surface area contributed by atoms with Crippen LogP contribution in [0.1, 0.15) is 5.56 Å². The molecule has 2 aromatic carbocycles. The van der Waals surface area contributed by atoms with Gasteiger partial charge in [0.1, 0.15) is 5.75 Å². The summed E-state index contributed by atoms with van der Waals surface area (Å²) < 4.78 is 6.24. The first kappa shape index (κ1) is 17.8. The van der Waals surface area contributed by atoms with Gasteiger partial charge in [-0.25, -0.2) is 4.98 Å². The maximum Gasteiger partial charge on any atom is 0.233 e. The number of amides is 1. The Labute approximate surface area is 158 Å². The zero-order valence-corrected chi connectivity index (χ0v) is 16.4. The van der Waals surface area contributed by atoms with E-state index in [1.165, 1.54) is 11.8 Å². The molecule has 0 aliphatic carbocycles. The van der Waals surface area contributed by atoms with Gasteiger partial charge in [-0.05, 0) is 29.8 Å². The molecule has 0 aliphatic rings. The van der Waals surface area contributed by atoms with Crippen molar-refractivity contribution in [3.8, 4) is 5.75 Å². The Bertz CT molecular complexity index is 880. The Morgan fingerprint density at radius 1 is 1.28 bits per heavy atom. The summed E-state index contributed by atoms with van der Waals surface area (Å²) in [6.07, 6.45) is 0. The fraction of sp³-hybridized carbons (Fsp3) is 0.222. The van der Waals surface area contributed by atoms with Gasteiger partial charge in [0.15, 0.2) is 5.16 Å². The molecule has 0 unspecified atom stereocenters. The number of rotatable bonds is 6. The number of fused-ring (bicyclic) bond motifs is 1. The van der Waals surface area contributed by atoms with Crippen molar-refractivity contribution < 1.29 is 9.53 Å². The zero-order chi connectivity index (χ0) is 17.8. The molecule has 1 aromatic heterocycles. The van der Waals surface area contributed by atoms with Crippen molar-refractivity contribution in [1.29, 1.82) is 0 Å². The van der Waals surface area contributed by atoms with Crippen LogP contribution in [0.15, 0.2) is 52.1 Å². The fourth-order valence-electron chi connectivity index (χ4n) is 2.35. The van der Waals surface area contributed by atoms with Crippen molar-refractivity contribution in [1.82, 2.24) is 14.9 Å². The summed E-state index contributed by atoms with van der Waals surface area (Å²) in [5.41, 5.74) is 2.86. The van der Waals surface area contributed by atoms with Crippen LogP contribution in [0.5, 0.6) is 5.75 Å². The first-order valence-corrected chi connectivity index (χ1v) is 9.48. The second kappa shape index (κ2) is 7.93. The first-order valence-electron chi connectivity index (χ1n) is 7.70. The molecule has 0 saturated heterocycles. The maximum absolute atomic E-state index is 12.3. The third kappa shape index (κ3) is 4.55. The molecule has 1 heterocycles. The molecule has 0 spiro atoms. The smallest absolute Gasteiger partial charge is 0.233 e. The number of hydrogen-bond acceptors (Lipinski definition) is 4. The molecular formula is C18H18BrN3O2S. The number of hydrogen-bond donors (Lipinski definition) is 1. The molecule has 130 valence electrons. The Kier molecular flexibility index (Phi) is 5.65. The number of ether oxygens (including phenoxy) is 1. The largest absolute Gasteiger partial charge is 0.497 e. The molecule has 0 bridgehead atoms. The summed E-state index contributed by atoms with van der Waals surface area (Å²) in [5.74, 6) is 1.17. The lowest BCUT2D eigenvalue weighted by molar-refractivity contribution is -0.127. The number of nitrogens with one attached hydrogen (secondary N) is 1. The number of halogens is 1. The van der Waals surface area contributed by atoms with Crippen LogP contribution in [-0.4, -0.2) is 40.7 Å². The van der Waals surface area contributed by atoms with Gasteiger partial charge in [0, 0.05) is 24.1 Å². The quantitative estimate of drug-likeness (QED) is 0.611. The minimum absolute atomic E-state index is 0.0611. The summed E-state index contributed by atoms with van der Waals surface area (Å²) >= 11 is 4.82. The van der Waals surface area contributed by atoms with Crippen LogP contribution < -0.4 is 4.74 Å². The lowest BCUT2D eigenvalue weighted by Gasteiger charge is -2.16. The molecule has 7 heteroatoms. The summed E-state index contributed by atoms with van der Waals surface area (Å²) in [6, 6.07) is 13.6. The van der Waals surface area contributed by atoms with E-state index in [4.69, 9.17) is 4.74 Å². The molecule has 0 aliphatic heterocycles. The summed E-state index contributed by atoms with van der Waals surface area (Å²) in [7, 11) is 3.45. The Morgan fingerprint density at radius 3 is 2.76 bits per heavy atom. The second-order valence-electron chi connectivity index (χ2n) is 5.59. The molecule has 0 fully saturated rings. The number of carbonyl (C=O) groups excluding carboxylic acids is 1. The highest BCUT2D eigenvalue weighted by molar-refractivity contribution is 9.10. The van der Waals surface area contributed by atoms with E-state index in [2.05, 4.69) is 25.9 Å². The van der Waals surface area contributed by atoms with Gasteiger partial charge < -0.3 is 14.6 Å². The van der Waals surface area contributed by atoms with Crippen LogP contribution in [0, 0.1) is 0 Å². The molecular weight excluding hydrogens is 402 g/mol. The number of benzene rings is 2. The molecule has 1 N–H and O–H groups in total. The number of aromatic nitrogens is 2. The average molecular weight is 420 g/mol. The highest BCUT2D eigenvalue weighted by atomic mass is 79.9. The predicted octanol–water partition coefficient (Wildman–Crippen LogP) is 4.08. The number of thioether (sulfide) groups is 1. The Balaban J connectivity index is 1.58. The van der Waals surface area contributed by atoms with E-state index in [0.717, 1.165) is 32.0 Å². The van der Waals surface area contributed by atoms with Gasteiger partial charge >= 0.3 is 0 Å². The molecule has 0 atom stereocenters. The predicted molar refractivity (Wildman–Crippen MR) is 104 cm³/mol. The van der Waals surface area contributed by atoms with E-state index in [0.29, 0.717) is 12.3 Å². The van der Waals surface area contributed by atoms with E-state index in [1.807, 2.05) is 49.5 Å². The number of carbonyl (C=O) groups is 1. The number of aromatic amines is 1. The minimum atomic E-state index is 0.0611. The van der Waals surface area contributed by atoms with Gasteiger partial charge in [-0.15, -0.1) is 0 Å². The normalized spacial score (nSPS) is 10.8. The van der Waals surface area contributed by atoms with Crippen molar-refractivity contribution in [2.75, 3.05) is 19.9 Å². The van der Waals surface area contributed by atoms with Gasteiger partial charge in [0.2, 0.25) is 5.91 Å². The summed E-state index contributed by atoms with van der Waals surface area (Å²) in [6.45, 7) is 0.587. The number of H-pyrrole nitrogens is 1. The van der Waals surface area contributed by atoms with Crippen LogP contribution in [0.25, 0.3) is 11.0 Å². The molecule has 0 saturated carbocycles. The number of methoxy groups -OCH3 is 1. The van der Waals surface area contributed by atoms with E-state index < -0.39 is 0 Å². The molecule has 5 nitrogen and oxygen atoms in total. The second-order valence-corrected chi connectivity index (χ2v) is 7.47. The van der Waals surface area contributed by atoms with Crippen molar-refractivity contribution in [2.45, 2.75) is 11.7 Å². The van der Waals surface area contributed by atoms with E-state index in [9.17, 15) is 4.79 Å². The van der Waals surface area contributed by atoms with Gasteiger partial charge in [-0.1, -0.05) is 39.8 Å². The molecule has 3 aromatic rings. The van der Waals surface area contributed by atoms with Crippen molar-refractivity contribution in [2.24, 2.45) is 0 Å². The summed E-state index contributed by atoms with van der Waals surface area (Å²) in [5, 5.41) is 0.730. The zero-order valence-electron chi connectivity index (χ0n) is 14.0. The van der Waals surface area contributed by atoms with Crippen LogP contribution in [-0.2, 0) is 11.3 Å². The lowest BCUT2D eigenvalue weighted by atomic mass is 10.2.